The first-order valence-corrected chi connectivity index (χ1v) is 8.61. The number of pyridine rings is 1. The lowest BCUT2D eigenvalue weighted by molar-refractivity contribution is -0.135. The molecule has 1 amide bonds. The Hall–Kier alpha value is -2.21. The first-order chi connectivity index (χ1) is 11.7. The van der Waals surface area contributed by atoms with Gasteiger partial charge in [0, 0.05) is 38.4 Å². The number of rotatable bonds is 6. The molecule has 128 valence electrons. The molecule has 1 N–H and O–H groups in total. The molecular weight excluding hydrogens is 302 g/mol. The van der Waals surface area contributed by atoms with Crippen LogP contribution in [0.25, 0.3) is 0 Å². The van der Waals surface area contributed by atoms with Crippen LogP contribution in [0.3, 0.4) is 0 Å². The highest BCUT2D eigenvalue weighted by molar-refractivity contribution is 5.77. The lowest BCUT2D eigenvalue weighted by Crippen LogP contribution is -2.40. The summed E-state index contributed by atoms with van der Waals surface area (Å²) in [5.74, 6) is 0.224. The minimum absolute atomic E-state index is 0.148. The van der Waals surface area contributed by atoms with E-state index in [-0.39, 0.29) is 11.9 Å². The van der Waals surface area contributed by atoms with Crippen molar-refractivity contribution in [2.24, 2.45) is 0 Å². The Kier molecular flexibility index (Phi) is 5.59. The second kappa shape index (κ2) is 8.06. The monoisotopic (exact) mass is 327 g/mol. The first-order valence-electron chi connectivity index (χ1n) is 8.61. The second-order valence-corrected chi connectivity index (χ2v) is 6.42. The van der Waals surface area contributed by atoms with Gasteiger partial charge in [-0.15, -0.1) is 0 Å². The van der Waals surface area contributed by atoms with Gasteiger partial charge >= 0.3 is 0 Å². The van der Waals surface area contributed by atoms with Crippen molar-refractivity contribution in [3.05, 3.63) is 48.0 Å². The SMILES string of the molecule is CN(CCC(=O)N1CCCC[C@@H]1c1ccn[nH]1)Cc1ccccn1. The molecule has 3 rings (SSSR count). The average Bonchev–Trinajstić information content (AvgIpc) is 3.15. The first kappa shape index (κ1) is 16.6. The summed E-state index contributed by atoms with van der Waals surface area (Å²) < 4.78 is 0. The number of piperidine rings is 1. The maximum Gasteiger partial charge on any atom is 0.224 e. The molecule has 1 aliphatic rings. The molecule has 0 radical (unpaired) electrons. The van der Waals surface area contributed by atoms with Crippen LogP contribution in [0, 0.1) is 0 Å². The summed E-state index contributed by atoms with van der Waals surface area (Å²) in [4.78, 5) is 21.2. The van der Waals surface area contributed by atoms with Crippen molar-refractivity contribution in [3.63, 3.8) is 0 Å². The molecule has 0 bridgehead atoms. The van der Waals surface area contributed by atoms with Crippen LogP contribution in [0.4, 0.5) is 0 Å². The number of carbonyl (C=O) groups excluding carboxylic acids is 1. The number of likely N-dealkylation sites (tertiary alicyclic amines) is 1. The number of hydrogen-bond donors (Lipinski definition) is 1. The van der Waals surface area contributed by atoms with Gasteiger partial charge in [-0.25, -0.2) is 0 Å². The molecule has 0 saturated carbocycles. The van der Waals surface area contributed by atoms with Gasteiger partial charge < -0.3 is 9.80 Å². The zero-order valence-electron chi connectivity index (χ0n) is 14.2. The summed E-state index contributed by atoms with van der Waals surface area (Å²) in [7, 11) is 2.03. The summed E-state index contributed by atoms with van der Waals surface area (Å²) in [6, 6.07) is 8.04. The molecule has 24 heavy (non-hydrogen) atoms. The molecule has 0 unspecified atom stereocenters. The fraction of sp³-hybridized carbons (Fsp3) is 0.500. The molecule has 3 heterocycles. The van der Waals surface area contributed by atoms with Gasteiger partial charge in [0.05, 0.1) is 17.4 Å². The van der Waals surface area contributed by atoms with Crippen LogP contribution in [-0.4, -0.2) is 51.0 Å². The predicted molar refractivity (Wildman–Crippen MR) is 92.1 cm³/mol. The summed E-state index contributed by atoms with van der Waals surface area (Å²) in [6.07, 6.45) is 7.35. The van der Waals surface area contributed by atoms with Gasteiger partial charge in [0.2, 0.25) is 5.91 Å². The van der Waals surface area contributed by atoms with Crippen molar-refractivity contribution in [3.8, 4) is 0 Å². The van der Waals surface area contributed by atoms with Crippen LogP contribution in [0.2, 0.25) is 0 Å². The third-order valence-electron chi connectivity index (χ3n) is 4.57. The second-order valence-electron chi connectivity index (χ2n) is 6.42. The number of carbonyl (C=O) groups is 1. The molecule has 1 fully saturated rings. The summed E-state index contributed by atoms with van der Waals surface area (Å²) >= 11 is 0. The maximum atomic E-state index is 12.7. The Morgan fingerprint density at radius 2 is 2.25 bits per heavy atom. The summed E-state index contributed by atoms with van der Waals surface area (Å²) in [5, 5.41) is 7.06. The summed E-state index contributed by atoms with van der Waals surface area (Å²) in [5.41, 5.74) is 2.07. The molecule has 1 saturated heterocycles. The molecule has 0 aliphatic carbocycles. The smallest absolute Gasteiger partial charge is 0.224 e. The topological polar surface area (TPSA) is 65.1 Å². The van der Waals surface area contributed by atoms with Crippen LogP contribution < -0.4 is 0 Å². The molecule has 0 aromatic carbocycles. The van der Waals surface area contributed by atoms with Crippen molar-refractivity contribution in [1.82, 2.24) is 25.0 Å². The molecular formula is C18H25N5O. The van der Waals surface area contributed by atoms with E-state index in [1.165, 1.54) is 0 Å². The number of hydrogen-bond acceptors (Lipinski definition) is 4. The Bertz CT molecular complexity index is 628. The number of amides is 1. The summed E-state index contributed by atoms with van der Waals surface area (Å²) in [6.45, 7) is 2.34. The van der Waals surface area contributed by atoms with E-state index < -0.39 is 0 Å². The van der Waals surface area contributed by atoms with Crippen LogP contribution >= 0.6 is 0 Å². The van der Waals surface area contributed by atoms with Crippen molar-refractivity contribution >= 4 is 5.91 Å². The molecule has 6 nitrogen and oxygen atoms in total. The zero-order valence-corrected chi connectivity index (χ0v) is 14.2. The number of H-pyrrole nitrogens is 1. The van der Waals surface area contributed by atoms with E-state index in [1.807, 2.05) is 36.2 Å². The van der Waals surface area contributed by atoms with Crippen LogP contribution in [0.5, 0.6) is 0 Å². The van der Waals surface area contributed by atoms with E-state index in [2.05, 4.69) is 20.1 Å². The van der Waals surface area contributed by atoms with Crippen molar-refractivity contribution < 1.29 is 4.79 Å². The van der Waals surface area contributed by atoms with Gasteiger partial charge in [-0.05, 0) is 44.5 Å². The molecule has 2 aromatic heterocycles. The Morgan fingerprint density at radius 1 is 1.33 bits per heavy atom. The van der Waals surface area contributed by atoms with Gasteiger partial charge in [0.1, 0.15) is 0 Å². The van der Waals surface area contributed by atoms with Crippen LogP contribution in [0.1, 0.15) is 43.1 Å². The molecule has 6 heteroatoms. The normalized spacial score (nSPS) is 18.1. The van der Waals surface area contributed by atoms with E-state index >= 15 is 0 Å². The van der Waals surface area contributed by atoms with E-state index in [1.54, 1.807) is 12.4 Å². The Morgan fingerprint density at radius 3 is 3.00 bits per heavy atom. The molecule has 1 atom stereocenters. The lowest BCUT2D eigenvalue weighted by atomic mass is 9.99. The fourth-order valence-corrected chi connectivity index (χ4v) is 3.28. The Labute approximate surface area is 142 Å². The van der Waals surface area contributed by atoms with Gasteiger partial charge in [-0.2, -0.15) is 5.10 Å². The van der Waals surface area contributed by atoms with E-state index in [0.717, 1.165) is 50.3 Å². The lowest BCUT2D eigenvalue weighted by Gasteiger charge is -2.35. The van der Waals surface area contributed by atoms with Crippen LogP contribution in [-0.2, 0) is 11.3 Å². The van der Waals surface area contributed by atoms with Crippen molar-refractivity contribution in [2.45, 2.75) is 38.3 Å². The van der Waals surface area contributed by atoms with Crippen LogP contribution in [0.15, 0.2) is 36.7 Å². The number of aromatic nitrogens is 3. The van der Waals surface area contributed by atoms with E-state index in [9.17, 15) is 4.79 Å². The maximum absolute atomic E-state index is 12.7. The molecule has 1 aliphatic heterocycles. The predicted octanol–water partition coefficient (Wildman–Crippen LogP) is 2.38. The largest absolute Gasteiger partial charge is 0.334 e. The number of nitrogens with one attached hydrogen (secondary N) is 1. The van der Waals surface area contributed by atoms with Gasteiger partial charge in [-0.1, -0.05) is 6.07 Å². The highest BCUT2D eigenvalue weighted by atomic mass is 16.2. The molecule has 0 spiro atoms. The zero-order chi connectivity index (χ0) is 16.8. The van der Waals surface area contributed by atoms with Crippen molar-refractivity contribution in [2.75, 3.05) is 20.1 Å². The highest BCUT2D eigenvalue weighted by Crippen LogP contribution is 2.30. The standard InChI is InChI=1S/C18H25N5O/c1-22(14-15-6-2-4-10-19-15)13-9-18(24)23-12-5-3-7-17(23)16-8-11-20-21-16/h2,4,6,8,10-11,17H,3,5,7,9,12-14H2,1H3,(H,20,21)/t17-/m1/s1. The van der Waals surface area contributed by atoms with Gasteiger partial charge in [-0.3, -0.25) is 14.9 Å². The fourth-order valence-electron chi connectivity index (χ4n) is 3.28. The quantitative estimate of drug-likeness (QED) is 0.885. The minimum atomic E-state index is 0.148. The van der Waals surface area contributed by atoms with Crippen molar-refractivity contribution in [1.29, 1.82) is 0 Å². The third kappa shape index (κ3) is 4.20. The number of aromatic amines is 1. The average molecular weight is 327 g/mol. The Balaban J connectivity index is 1.53. The number of nitrogens with zero attached hydrogens (tertiary/aromatic N) is 4. The highest BCUT2D eigenvalue weighted by Gasteiger charge is 2.28. The third-order valence-corrected chi connectivity index (χ3v) is 4.57. The van der Waals surface area contributed by atoms with Gasteiger partial charge in [0.25, 0.3) is 0 Å². The van der Waals surface area contributed by atoms with Gasteiger partial charge in [0.15, 0.2) is 0 Å². The minimum Gasteiger partial charge on any atom is -0.334 e. The van der Waals surface area contributed by atoms with E-state index in [4.69, 9.17) is 0 Å². The van der Waals surface area contributed by atoms with E-state index in [0.29, 0.717) is 6.42 Å². The molecule has 2 aromatic rings.